The van der Waals surface area contributed by atoms with Gasteiger partial charge in [-0.25, -0.2) is 8.42 Å². The summed E-state index contributed by atoms with van der Waals surface area (Å²) in [5.41, 5.74) is 2.29. The van der Waals surface area contributed by atoms with Gasteiger partial charge in [0.15, 0.2) is 0 Å². The number of carbonyl (C=O) groups excluding carboxylic acids is 1. The number of aryl methyl sites for hydroxylation is 2. The van der Waals surface area contributed by atoms with Gasteiger partial charge in [0.1, 0.15) is 17.9 Å². The molecule has 2 aliphatic rings. The molecule has 1 fully saturated rings. The number of pyridine rings is 1. The van der Waals surface area contributed by atoms with Crippen molar-refractivity contribution in [1.29, 1.82) is 0 Å². The van der Waals surface area contributed by atoms with E-state index in [1.165, 1.54) is 16.9 Å². The molecule has 0 saturated carbocycles. The summed E-state index contributed by atoms with van der Waals surface area (Å²) in [6.45, 7) is 0.117. The second-order valence-corrected chi connectivity index (χ2v) is 9.04. The predicted molar refractivity (Wildman–Crippen MR) is 103 cm³/mol. The molecule has 1 N–H and O–H groups in total. The number of sulfonamides is 1. The third-order valence-corrected chi connectivity index (χ3v) is 7.25. The number of nitrogens with zero attached hydrogens (tertiary/aromatic N) is 2. The van der Waals surface area contributed by atoms with E-state index in [1.54, 1.807) is 36.7 Å². The lowest BCUT2D eigenvalue weighted by Crippen LogP contribution is -2.44. The number of likely N-dealkylation sites (N-methyl/N-ethyl adjacent to an activating group) is 1. The summed E-state index contributed by atoms with van der Waals surface area (Å²) < 4.78 is 33.8. The largest absolute Gasteiger partial charge is 0.487 e. The van der Waals surface area contributed by atoms with Crippen LogP contribution in [0, 0.1) is 0 Å². The lowest BCUT2D eigenvalue weighted by molar-refractivity contribution is -0.123. The monoisotopic (exact) mass is 401 g/mol. The van der Waals surface area contributed by atoms with Crippen molar-refractivity contribution in [3.8, 4) is 5.75 Å². The average molecular weight is 401 g/mol. The van der Waals surface area contributed by atoms with Crippen LogP contribution >= 0.6 is 0 Å². The number of carbonyl (C=O) groups is 1. The number of aromatic nitrogens is 1. The number of fused-ring (bicyclic) bond motifs is 1. The van der Waals surface area contributed by atoms with E-state index in [0.29, 0.717) is 12.2 Å². The number of amides is 1. The van der Waals surface area contributed by atoms with E-state index in [9.17, 15) is 13.2 Å². The number of hydrogen-bond acceptors (Lipinski definition) is 5. The molecule has 1 aliphatic heterocycles. The van der Waals surface area contributed by atoms with E-state index in [-0.39, 0.29) is 17.3 Å². The smallest absolute Gasteiger partial charge is 0.243 e. The van der Waals surface area contributed by atoms with Gasteiger partial charge in [-0.1, -0.05) is 6.07 Å². The van der Waals surface area contributed by atoms with Gasteiger partial charge in [0.2, 0.25) is 15.9 Å². The molecule has 1 amide bonds. The highest BCUT2D eigenvalue weighted by Gasteiger charge is 2.44. The molecule has 0 unspecified atom stereocenters. The van der Waals surface area contributed by atoms with Gasteiger partial charge >= 0.3 is 0 Å². The van der Waals surface area contributed by atoms with Crippen molar-refractivity contribution in [2.45, 2.75) is 42.7 Å². The highest BCUT2D eigenvalue weighted by Crippen LogP contribution is 2.31. The number of ether oxygens (including phenoxy) is 1. The summed E-state index contributed by atoms with van der Waals surface area (Å²) in [5, 5.41) is 2.57. The molecule has 1 aliphatic carbocycles. The van der Waals surface area contributed by atoms with Crippen LogP contribution in [0.4, 0.5) is 0 Å². The molecule has 148 valence electrons. The number of hydrogen-bond donors (Lipinski definition) is 1. The first-order valence-corrected chi connectivity index (χ1v) is 10.8. The second-order valence-electron chi connectivity index (χ2n) is 7.15. The SMILES string of the molecule is CNC(=O)[C@@H]1C[C@H](Oc2cccnc2)CN1S(=O)(=O)c1ccc2c(c1)CCC2. The third kappa shape index (κ3) is 3.49. The molecule has 1 aromatic carbocycles. The molecule has 2 aromatic rings. The number of benzene rings is 1. The Kier molecular flexibility index (Phi) is 5.07. The minimum Gasteiger partial charge on any atom is -0.487 e. The minimum atomic E-state index is -3.81. The molecule has 4 rings (SSSR count). The Hall–Kier alpha value is -2.45. The van der Waals surface area contributed by atoms with Crippen molar-refractivity contribution < 1.29 is 17.9 Å². The van der Waals surface area contributed by atoms with E-state index >= 15 is 0 Å². The molecular weight excluding hydrogens is 378 g/mol. The number of nitrogens with one attached hydrogen (secondary N) is 1. The highest BCUT2D eigenvalue weighted by molar-refractivity contribution is 7.89. The molecule has 0 spiro atoms. The zero-order valence-electron chi connectivity index (χ0n) is 15.7. The highest BCUT2D eigenvalue weighted by atomic mass is 32.2. The van der Waals surface area contributed by atoms with Crippen LogP contribution in [0.2, 0.25) is 0 Å². The van der Waals surface area contributed by atoms with E-state index in [4.69, 9.17) is 4.74 Å². The zero-order valence-corrected chi connectivity index (χ0v) is 16.5. The van der Waals surface area contributed by atoms with Crippen molar-refractivity contribution in [3.63, 3.8) is 0 Å². The van der Waals surface area contributed by atoms with Crippen LogP contribution in [0.15, 0.2) is 47.6 Å². The molecule has 2 heterocycles. The Morgan fingerprint density at radius 1 is 1.25 bits per heavy atom. The van der Waals surface area contributed by atoms with Crippen molar-refractivity contribution in [3.05, 3.63) is 53.9 Å². The van der Waals surface area contributed by atoms with Gasteiger partial charge in [0, 0.05) is 19.7 Å². The average Bonchev–Trinajstić information content (AvgIpc) is 3.34. The van der Waals surface area contributed by atoms with Gasteiger partial charge < -0.3 is 10.1 Å². The fourth-order valence-corrected chi connectivity index (χ4v) is 5.66. The lowest BCUT2D eigenvalue weighted by Gasteiger charge is -2.22. The van der Waals surface area contributed by atoms with Crippen LogP contribution in [0.5, 0.6) is 5.75 Å². The second kappa shape index (κ2) is 7.52. The summed E-state index contributed by atoms with van der Waals surface area (Å²) in [4.78, 5) is 16.7. The van der Waals surface area contributed by atoms with Gasteiger partial charge in [-0.3, -0.25) is 9.78 Å². The Labute approximate surface area is 164 Å². The maximum absolute atomic E-state index is 13.3. The van der Waals surface area contributed by atoms with Gasteiger partial charge in [-0.2, -0.15) is 4.31 Å². The van der Waals surface area contributed by atoms with Crippen molar-refractivity contribution in [2.24, 2.45) is 0 Å². The zero-order chi connectivity index (χ0) is 19.7. The van der Waals surface area contributed by atoms with Gasteiger partial charge in [-0.15, -0.1) is 0 Å². The van der Waals surface area contributed by atoms with Crippen LogP contribution in [0.25, 0.3) is 0 Å². The lowest BCUT2D eigenvalue weighted by atomic mass is 10.1. The minimum absolute atomic E-state index is 0.117. The maximum atomic E-state index is 13.3. The summed E-state index contributed by atoms with van der Waals surface area (Å²) in [5.74, 6) is 0.224. The third-order valence-electron chi connectivity index (χ3n) is 5.38. The molecule has 0 bridgehead atoms. The fourth-order valence-electron chi connectivity index (χ4n) is 3.98. The first kappa shape index (κ1) is 18.9. The molecule has 8 heteroatoms. The van der Waals surface area contributed by atoms with Crippen molar-refractivity contribution >= 4 is 15.9 Å². The summed E-state index contributed by atoms with van der Waals surface area (Å²) in [6.07, 6.45) is 6.01. The van der Waals surface area contributed by atoms with Crippen LogP contribution in [-0.2, 0) is 27.7 Å². The summed E-state index contributed by atoms with van der Waals surface area (Å²) in [7, 11) is -2.30. The molecule has 0 radical (unpaired) electrons. The van der Waals surface area contributed by atoms with Crippen molar-refractivity contribution in [2.75, 3.05) is 13.6 Å². The van der Waals surface area contributed by atoms with E-state index in [2.05, 4.69) is 10.3 Å². The van der Waals surface area contributed by atoms with E-state index < -0.39 is 22.2 Å². The van der Waals surface area contributed by atoms with Gasteiger partial charge in [0.25, 0.3) is 0 Å². The molecule has 28 heavy (non-hydrogen) atoms. The Balaban J connectivity index is 1.62. The first-order chi connectivity index (χ1) is 13.5. The van der Waals surface area contributed by atoms with Crippen LogP contribution in [0.3, 0.4) is 0 Å². The summed E-state index contributed by atoms with van der Waals surface area (Å²) >= 11 is 0. The quantitative estimate of drug-likeness (QED) is 0.821. The van der Waals surface area contributed by atoms with Crippen LogP contribution in [-0.4, -0.2) is 49.4 Å². The summed E-state index contributed by atoms with van der Waals surface area (Å²) in [6, 6.07) is 8.01. The molecule has 1 aromatic heterocycles. The maximum Gasteiger partial charge on any atom is 0.243 e. The first-order valence-electron chi connectivity index (χ1n) is 9.41. The van der Waals surface area contributed by atoms with Crippen molar-refractivity contribution in [1.82, 2.24) is 14.6 Å². The van der Waals surface area contributed by atoms with Gasteiger partial charge in [-0.05, 0) is 54.7 Å². The molecule has 7 nitrogen and oxygen atoms in total. The van der Waals surface area contributed by atoms with Crippen LogP contribution in [0.1, 0.15) is 24.0 Å². The molecule has 2 atom stereocenters. The topological polar surface area (TPSA) is 88.6 Å². The van der Waals surface area contributed by atoms with Gasteiger partial charge in [0.05, 0.1) is 17.6 Å². The molecule has 1 saturated heterocycles. The fraction of sp³-hybridized carbons (Fsp3) is 0.400. The number of rotatable bonds is 5. The normalized spacial score (nSPS) is 22.0. The Morgan fingerprint density at radius 3 is 2.82 bits per heavy atom. The predicted octanol–water partition coefficient (Wildman–Crippen LogP) is 1.53. The Morgan fingerprint density at radius 2 is 2.07 bits per heavy atom. The molecular formula is C20H23N3O4S. The standard InChI is InChI=1S/C20H23N3O4S/c1-21-20(24)19-11-17(27-16-6-3-9-22-12-16)13-23(19)28(25,26)18-8-7-14-4-2-5-15(14)10-18/h3,6-10,12,17,19H,2,4-5,11,13H2,1H3,(H,21,24)/t17-,19-/m0/s1. The van der Waals surface area contributed by atoms with Crippen LogP contribution < -0.4 is 10.1 Å². The Bertz CT molecular complexity index is 978. The van der Waals surface area contributed by atoms with E-state index in [0.717, 1.165) is 24.8 Å². The van der Waals surface area contributed by atoms with E-state index in [1.807, 2.05) is 6.07 Å².